The van der Waals surface area contributed by atoms with E-state index in [1.54, 1.807) is 18.4 Å². The maximum atomic E-state index is 12.4. The fourth-order valence-corrected chi connectivity index (χ4v) is 4.43. The van der Waals surface area contributed by atoms with E-state index in [2.05, 4.69) is 4.90 Å². The first-order valence-corrected chi connectivity index (χ1v) is 8.58. The number of hydrogen-bond acceptors (Lipinski definition) is 5. The number of carbonyl (C=O) groups excluding carboxylic acids is 1. The number of rotatable bonds is 5. The number of ketones is 1. The molecule has 1 aliphatic heterocycles. The number of Topliss-reactive ketones (excluding diaryl/α,β-unsaturated/α-hetero) is 1. The summed E-state index contributed by atoms with van der Waals surface area (Å²) in [6, 6.07) is 0. The number of nitrogen functional groups attached to an aromatic ring is 1. The zero-order valence-electron chi connectivity index (χ0n) is 13.0. The molecule has 2 fully saturated rings. The van der Waals surface area contributed by atoms with E-state index in [9.17, 15) is 4.79 Å². The van der Waals surface area contributed by atoms with Crippen LogP contribution in [0.3, 0.4) is 0 Å². The first-order valence-electron chi connectivity index (χ1n) is 7.77. The average molecular weight is 308 g/mol. The predicted octanol–water partition coefficient (Wildman–Crippen LogP) is 3.27. The minimum absolute atomic E-state index is 0.00356. The Hall–Kier alpha value is -1.07. The number of carbonyl (C=O) groups is 1. The van der Waals surface area contributed by atoms with Crippen LogP contribution in [0.1, 0.15) is 54.3 Å². The van der Waals surface area contributed by atoms with Gasteiger partial charge in [-0.3, -0.25) is 4.79 Å². The van der Waals surface area contributed by atoms with Crippen molar-refractivity contribution in [3.8, 4) is 0 Å². The zero-order chi connectivity index (χ0) is 15.1. The van der Waals surface area contributed by atoms with E-state index in [4.69, 9.17) is 10.5 Å². The molecule has 21 heavy (non-hydrogen) atoms. The summed E-state index contributed by atoms with van der Waals surface area (Å²) in [7, 11) is 1.77. The SMILES string of the molecule is COC1CCN(c2sc(C(=O)C(C)C)c(N)c2C2CC2)C1. The van der Waals surface area contributed by atoms with E-state index in [-0.39, 0.29) is 11.7 Å². The zero-order valence-corrected chi connectivity index (χ0v) is 13.8. The van der Waals surface area contributed by atoms with E-state index < -0.39 is 0 Å². The van der Waals surface area contributed by atoms with E-state index >= 15 is 0 Å². The molecule has 1 aromatic rings. The third-order valence-corrected chi connectivity index (χ3v) is 5.76. The van der Waals surface area contributed by atoms with Crippen LogP contribution in [0.2, 0.25) is 0 Å². The molecular formula is C16H24N2O2S. The molecule has 4 nitrogen and oxygen atoms in total. The van der Waals surface area contributed by atoms with Gasteiger partial charge in [0.05, 0.1) is 21.7 Å². The fourth-order valence-electron chi connectivity index (χ4n) is 3.00. The van der Waals surface area contributed by atoms with Crippen LogP contribution < -0.4 is 10.6 Å². The number of hydrogen-bond donors (Lipinski definition) is 1. The number of nitrogens with two attached hydrogens (primary N) is 1. The molecular weight excluding hydrogens is 284 g/mol. The Morgan fingerprint density at radius 2 is 2.10 bits per heavy atom. The van der Waals surface area contributed by atoms with Crippen LogP contribution in [0.25, 0.3) is 0 Å². The van der Waals surface area contributed by atoms with E-state index in [0.717, 1.165) is 30.1 Å². The third-order valence-electron chi connectivity index (χ3n) is 4.46. The second kappa shape index (κ2) is 5.61. The molecule has 2 heterocycles. The van der Waals surface area contributed by atoms with Crippen LogP contribution in [0.15, 0.2) is 0 Å². The van der Waals surface area contributed by atoms with Gasteiger partial charge in [0.2, 0.25) is 0 Å². The minimum atomic E-state index is -0.00356. The molecule has 3 rings (SSSR count). The predicted molar refractivity (Wildman–Crippen MR) is 87.5 cm³/mol. The lowest BCUT2D eigenvalue weighted by Gasteiger charge is -2.18. The molecule has 1 saturated heterocycles. The smallest absolute Gasteiger partial charge is 0.177 e. The number of methoxy groups -OCH3 is 1. The molecule has 0 bridgehead atoms. The van der Waals surface area contributed by atoms with Crippen molar-refractivity contribution in [1.82, 2.24) is 0 Å². The number of nitrogens with zero attached hydrogens (tertiary/aromatic N) is 1. The van der Waals surface area contributed by atoms with E-state index in [0.29, 0.717) is 12.0 Å². The van der Waals surface area contributed by atoms with Gasteiger partial charge < -0.3 is 15.4 Å². The van der Waals surface area contributed by atoms with Crippen molar-refractivity contribution in [2.45, 2.75) is 45.1 Å². The Bertz CT molecular complexity index is 549. The highest BCUT2D eigenvalue weighted by Gasteiger charge is 2.36. The highest BCUT2D eigenvalue weighted by atomic mass is 32.1. The molecule has 1 aromatic heterocycles. The van der Waals surface area contributed by atoms with Gasteiger partial charge in [0.15, 0.2) is 5.78 Å². The van der Waals surface area contributed by atoms with E-state index in [1.165, 1.54) is 23.4 Å². The summed E-state index contributed by atoms with van der Waals surface area (Å²) < 4.78 is 5.47. The van der Waals surface area contributed by atoms with Gasteiger partial charge in [-0.15, -0.1) is 11.3 Å². The van der Waals surface area contributed by atoms with Crippen molar-refractivity contribution in [2.24, 2.45) is 5.92 Å². The first-order chi connectivity index (χ1) is 10.0. The number of thiophene rings is 1. The third kappa shape index (κ3) is 2.69. The average Bonchev–Trinajstić information content (AvgIpc) is 3.07. The van der Waals surface area contributed by atoms with Crippen molar-refractivity contribution in [1.29, 1.82) is 0 Å². The molecule has 0 radical (unpaired) electrons. The molecule has 1 atom stereocenters. The minimum Gasteiger partial charge on any atom is -0.397 e. The maximum Gasteiger partial charge on any atom is 0.177 e. The summed E-state index contributed by atoms with van der Waals surface area (Å²) in [5, 5.41) is 1.22. The molecule has 116 valence electrons. The summed E-state index contributed by atoms with van der Waals surface area (Å²) in [5.41, 5.74) is 8.33. The van der Waals surface area contributed by atoms with Crippen LogP contribution in [-0.2, 0) is 4.74 Å². The highest BCUT2D eigenvalue weighted by Crippen LogP contribution is 2.52. The quantitative estimate of drug-likeness (QED) is 0.848. The normalized spacial score (nSPS) is 22.3. The van der Waals surface area contributed by atoms with Crippen molar-refractivity contribution in [3.05, 3.63) is 10.4 Å². The number of ether oxygens (including phenoxy) is 1. The molecule has 2 aliphatic rings. The molecule has 0 amide bonds. The lowest BCUT2D eigenvalue weighted by Crippen LogP contribution is -2.22. The molecule has 1 saturated carbocycles. The summed E-state index contributed by atoms with van der Waals surface area (Å²) >= 11 is 1.60. The summed E-state index contributed by atoms with van der Waals surface area (Å²) in [6.45, 7) is 5.78. The molecule has 0 spiro atoms. The summed E-state index contributed by atoms with van der Waals surface area (Å²) in [5.74, 6) is 0.732. The monoisotopic (exact) mass is 308 g/mol. The standard InChI is InChI=1S/C16H24N2O2S/c1-9(2)14(19)15-13(17)12(10-4-5-10)16(21-15)18-7-6-11(8-18)20-3/h9-11H,4-8,17H2,1-3H3. The van der Waals surface area contributed by atoms with Crippen LogP contribution >= 0.6 is 11.3 Å². The Labute approximate surface area is 130 Å². The van der Waals surface area contributed by atoms with Crippen molar-refractivity contribution >= 4 is 27.8 Å². The Balaban J connectivity index is 1.96. The van der Waals surface area contributed by atoms with Gasteiger partial charge in [0, 0.05) is 31.7 Å². The van der Waals surface area contributed by atoms with Gasteiger partial charge in [-0.1, -0.05) is 13.8 Å². The van der Waals surface area contributed by atoms with Gasteiger partial charge in [0.25, 0.3) is 0 Å². The lowest BCUT2D eigenvalue weighted by molar-refractivity contribution is 0.0944. The van der Waals surface area contributed by atoms with Crippen molar-refractivity contribution in [2.75, 3.05) is 30.8 Å². The van der Waals surface area contributed by atoms with Gasteiger partial charge in [-0.05, 0) is 25.2 Å². The maximum absolute atomic E-state index is 12.4. The Kier molecular flexibility index (Phi) is 3.97. The highest BCUT2D eigenvalue weighted by molar-refractivity contribution is 7.19. The molecule has 2 N–H and O–H groups in total. The lowest BCUT2D eigenvalue weighted by atomic mass is 10.0. The molecule has 1 aliphatic carbocycles. The van der Waals surface area contributed by atoms with Crippen molar-refractivity contribution in [3.63, 3.8) is 0 Å². The van der Waals surface area contributed by atoms with Crippen LogP contribution in [0, 0.1) is 5.92 Å². The van der Waals surface area contributed by atoms with E-state index in [1.807, 2.05) is 13.8 Å². The van der Waals surface area contributed by atoms with Gasteiger partial charge in [-0.25, -0.2) is 0 Å². The second-order valence-corrected chi connectivity index (χ2v) is 7.45. The largest absolute Gasteiger partial charge is 0.397 e. The molecule has 5 heteroatoms. The van der Waals surface area contributed by atoms with Gasteiger partial charge in [0.1, 0.15) is 0 Å². The Morgan fingerprint density at radius 1 is 1.38 bits per heavy atom. The molecule has 1 unspecified atom stereocenters. The fraction of sp³-hybridized carbons (Fsp3) is 0.688. The second-order valence-electron chi connectivity index (χ2n) is 6.45. The topological polar surface area (TPSA) is 55.6 Å². The van der Waals surface area contributed by atoms with Gasteiger partial charge >= 0.3 is 0 Å². The number of anilines is 2. The molecule has 0 aromatic carbocycles. The summed E-state index contributed by atoms with van der Waals surface area (Å²) in [4.78, 5) is 15.5. The summed E-state index contributed by atoms with van der Waals surface area (Å²) in [6.07, 6.45) is 3.74. The van der Waals surface area contributed by atoms with Gasteiger partial charge in [-0.2, -0.15) is 0 Å². The van der Waals surface area contributed by atoms with Crippen LogP contribution in [0.4, 0.5) is 10.7 Å². The Morgan fingerprint density at radius 3 is 2.62 bits per heavy atom. The van der Waals surface area contributed by atoms with Crippen LogP contribution in [0.5, 0.6) is 0 Å². The first kappa shape index (κ1) is 14.9. The van der Waals surface area contributed by atoms with Crippen molar-refractivity contribution < 1.29 is 9.53 Å². The van der Waals surface area contributed by atoms with Crippen LogP contribution in [-0.4, -0.2) is 32.1 Å².